The minimum absolute atomic E-state index is 0.0824. The van der Waals surface area contributed by atoms with Gasteiger partial charge in [-0.15, -0.1) is 0 Å². The van der Waals surface area contributed by atoms with Gasteiger partial charge in [0, 0.05) is 20.3 Å². The summed E-state index contributed by atoms with van der Waals surface area (Å²) in [7, 11) is 1.61. The van der Waals surface area contributed by atoms with Gasteiger partial charge in [-0.3, -0.25) is 4.79 Å². The molecule has 0 fully saturated rings. The zero-order chi connectivity index (χ0) is 16.6. The fourth-order valence-electron chi connectivity index (χ4n) is 1.91. The molecule has 0 heterocycles. The largest absolute Gasteiger partial charge is 0.385 e. The first-order chi connectivity index (χ1) is 10.4. The summed E-state index contributed by atoms with van der Waals surface area (Å²) in [6.45, 7) is 7.51. The van der Waals surface area contributed by atoms with Crippen molar-refractivity contribution in [2.45, 2.75) is 32.6 Å². The zero-order valence-corrected chi connectivity index (χ0v) is 13.8. The van der Waals surface area contributed by atoms with Crippen LogP contribution in [0.1, 0.15) is 38.3 Å². The van der Waals surface area contributed by atoms with E-state index in [1.165, 1.54) is 5.56 Å². The molecule has 0 aliphatic rings. The van der Waals surface area contributed by atoms with Crippen LogP contribution >= 0.6 is 0 Å². The van der Waals surface area contributed by atoms with Crippen LogP contribution in [-0.4, -0.2) is 26.2 Å². The molecule has 0 aliphatic heterocycles. The SMILES string of the molecule is COCCCNC(=O)C(C#N)=Cc1ccc(C(C)(C)C)cc1. The molecule has 0 unspecified atom stereocenters. The molecule has 22 heavy (non-hydrogen) atoms. The molecule has 0 spiro atoms. The van der Waals surface area contributed by atoms with Crippen molar-refractivity contribution in [1.29, 1.82) is 5.26 Å². The van der Waals surface area contributed by atoms with Crippen molar-refractivity contribution >= 4 is 12.0 Å². The van der Waals surface area contributed by atoms with Crippen molar-refractivity contribution in [1.82, 2.24) is 5.32 Å². The summed E-state index contributed by atoms with van der Waals surface area (Å²) in [5.41, 5.74) is 2.25. The van der Waals surface area contributed by atoms with Crippen LogP contribution < -0.4 is 5.32 Å². The molecule has 0 aliphatic carbocycles. The van der Waals surface area contributed by atoms with Gasteiger partial charge in [0.05, 0.1) is 0 Å². The Hall–Kier alpha value is -2.12. The number of nitrogens with one attached hydrogen (secondary N) is 1. The minimum atomic E-state index is -0.349. The Bertz CT molecular complexity index is 560. The summed E-state index contributed by atoms with van der Waals surface area (Å²) in [6, 6.07) is 9.86. The van der Waals surface area contributed by atoms with Gasteiger partial charge in [-0.25, -0.2) is 0 Å². The van der Waals surface area contributed by atoms with Gasteiger partial charge >= 0.3 is 0 Å². The van der Waals surface area contributed by atoms with Gasteiger partial charge in [-0.05, 0) is 29.0 Å². The summed E-state index contributed by atoms with van der Waals surface area (Å²) >= 11 is 0. The number of ether oxygens (including phenoxy) is 1. The fraction of sp³-hybridized carbons (Fsp3) is 0.444. The molecule has 0 bridgehead atoms. The number of nitriles is 1. The van der Waals surface area contributed by atoms with Crippen molar-refractivity contribution in [3.05, 3.63) is 41.0 Å². The van der Waals surface area contributed by atoms with E-state index >= 15 is 0 Å². The first-order valence-electron chi connectivity index (χ1n) is 7.38. The van der Waals surface area contributed by atoms with Crippen LogP contribution in [0.2, 0.25) is 0 Å². The van der Waals surface area contributed by atoms with Gasteiger partial charge in [-0.2, -0.15) is 5.26 Å². The predicted octanol–water partition coefficient (Wildman–Crippen LogP) is 3.04. The smallest absolute Gasteiger partial charge is 0.261 e. The highest BCUT2D eigenvalue weighted by Gasteiger charge is 2.13. The summed E-state index contributed by atoms with van der Waals surface area (Å²) in [5, 5.41) is 11.9. The van der Waals surface area contributed by atoms with Crippen LogP contribution in [0.25, 0.3) is 6.08 Å². The lowest BCUT2D eigenvalue weighted by Gasteiger charge is -2.18. The average Bonchev–Trinajstić information content (AvgIpc) is 2.48. The van der Waals surface area contributed by atoms with Crippen LogP contribution in [0.3, 0.4) is 0 Å². The lowest BCUT2D eigenvalue weighted by atomic mass is 9.86. The molecule has 0 radical (unpaired) electrons. The van der Waals surface area contributed by atoms with E-state index in [1.54, 1.807) is 13.2 Å². The number of hydrogen-bond donors (Lipinski definition) is 1. The lowest BCUT2D eigenvalue weighted by Crippen LogP contribution is -2.26. The third-order valence-corrected chi connectivity index (χ3v) is 3.26. The normalized spacial score (nSPS) is 11.9. The Labute approximate surface area is 132 Å². The molecule has 0 aromatic heterocycles. The molecule has 118 valence electrons. The van der Waals surface area contributed by atoms with Gasteiger partial charge in [0.2, 0.25) is 0 Å². The van der Waals surface area contributed by atoms with Gasteiger partial charge in [0.15, 0.2) is 0 Å². The Morgan fingerprint density at radius 2 is 1.95 bits per heavy atom. The number of rotatable bonds is 6. The number of carbonyl (C=O) groups excluding carboxylic acids is 1. The van der Waals surface area contributed by atoms with Crippen LogP contribution in [0.5, 0.6) is 0 Å². The maximum atomic E-state index is 11.9. The highest BCUT2D eigenvalue weighted by Crippen LogP contribution is 2.22. The highest BCUT2D eigenvalue weighted by molar-refractivity contribution is 6.01. The summed E-state index contributed by atoms with van der Waals surface area (Å²) in [6.07, 6.45) is 2.33. The van der Waals surface area contributed by atoms with E-state index in [4.69, 9.17) is 10.00 Å². The average molecular weight is 300 g/mol. The third-order valence-electron chi connectivity index (χ3n) is 3.26. The Morgan fingerprint density at radius 3 is 2.45 bits per heavy atom. The molecule has 0 saturated carbocycles. The topological polar surface area (TPSA) is 62.1 Å². The maximum Gasteiger partial charge on any atom is 0.261 e. The van der Waals surface area contributed by atoms with E-state index in [2.05, 4.69) is 26.1 Å². The van der Waals surface area contributed by atoms with Gasteiger partial charge in [-0.1, -0.05) is 45.0 Å². The molecule has 0 atom stereocenters. The van der Waals surface area contributed by atoms with Crippen molar-refractivity contribution in [2.24, 2.45) is 0 Å². The van der Waals surface area contributed by atoms with Crippen LogP contribution in [0.15, 0.2) is 29.8 Å². The first kappa shape index (κ1) is 17.9. The fourth-order valence-corrected chi connectivity index (χ4v) is 1.91. The molecule has 0 saturated heterocycles. The predicted molar refractivity (Wildman–Crippen MR) is 88.2 cm³/mol. The van der Waals surface area contributed by atoms with Crippen LogP contribution in [0.4, 0.5) is 0 Å². The number of nitrogens with zero attached hydrogens (tertiary/aromatic N) is 1. The molecule has 1 N–H and O–H groups in total. The van der Waals surface area contributed by atoms with Gasteiger partial charge in [0.25, 0.3) is 5.91 Å². The monoisotopic (exact) mass is 300 g/mol. The van der Waals surface area contributed by atoms with Crippen LogP contribution in [0, 0.1) is 11.3 Å². The third kappa shape index (κ3) is 5.71. The second-order valence-electron chi connectivity index (χ2n) is 6.14. The molecule has 1 rings (SSSR count). The van der Waals surface area contributed by atoms with E-state index < -0.39 is 0 Å². The highest BCUT2D eigenvalue weighted by atomic mass is 16.5. The van der Waals surface area contributed by atoms with Crippen molar-refractivity contribution in [3.8, 4) is 6.07 Å². The maximum absolute atomic E-state index is 11.9. The Morgan fingerprint density at radius 1 is 1.32 bits per heavy atom. The van der Waals surface area contributed by atoms with E-state index in [0.29, 0.717) is 13.2 Å². The minimum Gasteiger partial charge on any atom is -0.385 e. The molecular weight excluding hydrogens is 276 g/mol. The van der Waals surface area contributed by atoms with Crippen molar-refractivity contribution in [2.75, 3.05) is 20.3 Å². The Balaban J connectivity index is 2.76. The van der Waals surface area contributed by atoms with Crippen molar-refractivity contribution < 1.29 is 9.53 Å². The molecule has 1 amide bonds. The van der Waals surface area contributed by atoms with E-state index in [1.807, 2.05) is 30.3 Å². The first-order valence-corrected chi connectivity index (χ1v) is 7.38. The molecule has 1 aromatic carbocycles. The van der Waals surface area contributed by atoms with Gasteiger partial charge in [0.1, 0.15) is 11.6 Å². The molecule has 4 heteroatoms. The van der Waals surface area contributed by atoms with Crippen LogP contribution in [-0.2, 0) is 14.9 Å². The number of hydrogen-bond acceptors (Lipinski definition) is 3. The summed E-state index contributed by atoms with van der Waals surface area (Å²) in [5.74, 6) is -0.349. The van der Waals surface area contributed by atoms with E-state index in [9.17, 15) is 4.79 Å². The Kier molecular flexibility index (Phi) is 6.81. The van der Waals surface area contributed by atoms with Gasteiger partial charge < -0.3 is 10.1 Å². The number of benzene rings is 1. The number of methoxy groups -OCH3 is 1. The molecular formula is C18H24N2O2. The lowest BCUT2D eigenvalue weighted by molar-refractivity contribution is -0.117. The number of carbonyl (C=O) groups is 1. The standard InChI is InChI=1S/C18H24N2O2/c1-18(2,3)16-8-6-14(7-9-16)12-15(13-19)17(21)20-10-5-11-22-4/h6-9,12H,5,10-11H2,1-4H3,(H,20,21). The summed E-state index contributed by atoms with van der Waals surface area (Å²) in [4.78, 5) is 11.9. The van der Waals surface area contributed by atoms with E-state index in [-0.39, 0.29) is 16.9 Å². The van der Waals surface area contributed by atoms with E-state index in [0.717, 1.165) is 12.0 Å². The molecule has 4 nitrogen and oxygen atoms in total. The second-order valence-corrected chi connectivity index (χ2v) is 6.14. The zero-order valence-electron chi connectivity index (χ0n) is 13.8. The number of amides is 1. The quantitative estimate of drug-likeness (QED) is 0.499. The van der Waals surface area contributed by atoms with Crippen molar-refractivity contribution in [3.63, 3.8) is 0 Å². The molecule has 1 aromatic rings. The second kappa shape index (κ2) is 8.35. The summed E-state index contributed by atoms with van der Waals surface area (Å²) < 4.78 is 4.91.